The maximum atomic E-state index is 12.7. The summed E-state index contributed by atoms with van der Waals surface area (Å²) in [6.07, 6.45) is 1.83. The molecule has 0 bridgehead atoms. The minimum absolute atomic E-state index is 0.0730. The fourth-order valence-corrected chi connectivity index (χ4v) is 4.47. The lowest BCUT2D eigenvalue weighted by atomic mass is 10.0. The number of carbonyl (C=O) groups excluding carboxylic acids is 1. The van der Waals surface area contributed by atoms with Gasteiger partial charge in [0.05, 0.1) is 11.2 Å². The number of nitrogens with zero attached hydrogens (tertiary/aromatic N) is 5. The molecule has 0 saturated carbocycles. The highest BCUT2D eigenvalue weighted by Gasteiger charge is 2.27. The number of aromatic nitrogens is 2. The first kappa shape index (κ1) is 23.2. The minimum atomic E-state index is -0.359. The molecule has 3 heterocycles. The van der Waals surface area contributed by atoms with Crippen LogP contribution in [-0.4, -0.2) is 51.9 Å². The van der Waals surface area contributed by atoms with E-state index in [4.69, 9.17) is 14.4 Å². The van der Waals surface area contributed by atoms with Gasteiger partial charge in [-0.25, -0.2) is 9.97 Å². The number of nitro benzene ring substituents is 1. The van der Waals surface area contributed by atoms with E-state index in [1.807, 2.05) is 37.3 Å². The Morgan fingerprint density at radius 1 is 0.972 bits per heavy atom. The second kappa shape index (κ2) is 9.99. The van der Waals surface area contributed by atoms with E-state index < -0.39 is 0 Å². The Labute approximate surface area is 208 Å². The molecule has 182 valence electrons. The van der Waals surface area contributed by atoms with Crippen molar-refractivity contribution in [3.63, 3.8) is 0 Å². The van der Waals surface area contributed by atoms with E-state index in [0.29, 0.717) is 49.7 Å². The molecule has 1 aliphatic rings. The van der Waals surface area contributed by atoms with Crippen LogP contribution >= 0.6 is 0 Å². The summed E-state index contributed by atoms with van der Waals surface area (Å²) in [5, 5.41) is 11.6. The van der Waals surface area contributed by atoms with E-state index >= 15 is 0 Å². The van der Waals surface area contributed by atoms with Crippen LogP contribution in [0.2, 0.25) is 0 Å². The predicted octanol–water partition coefficient (Wildman–Crippen LogP) is 4.51. The summed E-state index contributed by atoms with van der Waals surface area (Å²) in [5.74, 6) is 1.53. The topological polar surface area (TPSA) is 106 Å². The minimum Gasteiger partial charge on any atom is -0.459 e. The average molecular weight is 484 g/mol. The maximum absolute atomic E-state index is 12.7. The first-order chi connectivity index (χ1) is 17.5. The monoisotopic (exact) mass is 483 g/mol. The summed E-state index contributed by atoms with van der Waals surface area (Å²) in [5.41, 5.74) is 3.19. The molecule has 1 amide bonds. The molecule has 9 nitrogen and oxygen atoms in total. The quantitative estimate of drug-likeness (QED) is 0.293. The van der Waals surface area contributed by atoms with Crippen LogP contribution < -0.4 is 4.90 Å². The van der Waals surface area contributed by atoms with E-state index in [1.165, 1.54) is 12.3 Å². The summed E-state index contributed by atoms with van der Waals surface area (Å²) < 4.78 is 5.28. The van der Waals surface area contributed by atoms with E-state index in [-0.39, 0.29) is 16.5 Å². The average Bonchev–Trinajstić information content (AvgIpc) is 3.45. The lowest BCUT2D eigenvalue weighted by Crippen LogP contribution is -2.49. The van der Waals surface area contributed by atoms with Crippen LogP contribution in [0.25, 0.3) is 11.4 Å². The molecule has 2 aromatic heterocycles. The number of amides is 1. The number of nitro groups is 1. The third-order valence-corrected chi connectivity index (χ3v) is 6.38. The second-order valence-electron chi connectivity index (χ2n) is 8.62. The number of carbonyl (C=O) groups is 1. The number of rotatable bonds is 6. The highest BCUT2D eigenvalue weighted by molar-refractivity contribution is 5.91. The fraction of sp³-hybridized carbons (Fsp3) is 0.222. The molecule has 1 fully saturated rings. The molecular weight excluding hydrogens is 458 g/mol. The van der Waals surface area contributed by atoms with Crippen LogP contribution in [0.1, 0.15) is 27.4 Å². The van der Waals surface area contributed by atoms with Crippen molar-refractivity contribution in [1.82, 2.24) is 14.9 Å². The van der Waals surface area contributed by atoms with Gasteiger partial charge in [-0.3, -0.25) is 14.9 Å². The molecule has 36 heavy (non-hydrogen) atoms. The van der Waals surface area contributed by atoms with Crippen LogP contribution in [0.5, 0.6) is 0 Å². The number of hydrogen-bond acceptors (Lipinski definition) is 7. The predicted molar refractivity (Wildman–Crippen MR) is 135 cm³/mol. The normalized spacial score (nSPS) is 13.6. The SMILES string of the molecule is Cc1nc(-c2ccccc2)nc(N2CCN(C(=O)c3ccco3)CC2)c1Cc1ccccc1[N+](=O)[O-]. The summed E-state index contributed by atoms with van der Waals surface area (Å²) in [6, 6.07) is 19.9. The van der Waals surface area contributed by atoms with Crippen LogP contribution in [0.4, 0.5) is 11.5 Å². The Morgan fingerprint density at radius 2 is 1.69 bits per heavy atom. The van der Waals surface area contributed by atoms with Crippen LogP contribution in [0.15, 0.2) is 77.4 Å². The molecule has 0 atom stereocenters. The lowest BCUT2D eigenvalue weighted by Gasteiger charge is -2.36. The molecule has 2 aromatic carbocycles. The molecule has 0 radical (unpaired) electrons. The second-order valence-corrected chi connectivity index (χ2v) is 8.62. The highest BCUT2D eigenvalue weighted by atomic mass is 16.6. The number of benzene rings is 2. The summed E-state index contributed by atoms with van der Waals surface area (Å²) in [4.78, 5) is 37.6. The Kier molecular flexibility index (Phi) is 6.44. The molecule has 4 aromatic rings. The fourth-order valence-electron chi connectivity index (χ4n) is 4.47. The first-order valence-electron chi connectivity index (χ1n) is 11.7. The Morgan fingerprint density at radius 3 is 2.39 bits per heavy atom. The van der Waals surface area contributed by atoms with Crippen molar-refractivity contribution in [2.75, 3.05) is 31.1 Å². The van der Waals surface area contributed by atoms with Gasteiger partial charge in [0, 0.05) is 61.1 Å². The molecule has 1 saturated heterocycles. The van der Waals surface area contributed by atoms with Gasteiger partial charge in [-0.1, -0.05) is 48.5 Å². The largest absolute Gasteiger partial charge is 0.459 e. The van der Waals surface area contributed by atoms with E-state index in [1.54, 1.807) is 35.2 Å². The standard InChI is InChI=1S/C27H25N5O4/c1-19-22(18-21-10-5-6-11-23(21)32(34)35)26(29-25(28-19)20-8-3-2-4-9-20)30-13-15-31(16-14-30)27(33)24-12-7-17-36-24/h2-12,17H,13-16,18H2,1H3. The van der Waals surface area contributed by atoms with Gasteiger partial charge >= 0.3 is 0 Å². The van der Waals surface area contributed by atoms with Gasteiger partial charge in [0.15, 0.2) is 11.6 Å². The smallest absolute Gasteiger partial charge is 0.289 e. The van der Waals surface area contributed by atoms with E-state index in [0.717, 1.165) is 22.6 Å². The van der Waals surface area contributed by atoms with Crippen molar-refractivity contribution < 1.29 is 14.1 Å². The van der Waals surface area contributed by atoms with Crippen LogP contribution in [0, 0.1) is 17.0 Å². The maximum Gasteiger partial charge on any atom is 0.289 e. The molecule has 0 spiro atoms. The van der Waals surface area contributed by atoms with Crippen LogP contribution in [0.3, 0.4) is 0 Å². The van der Waals surface area contributed by atoms with Crippen molar-refractivity contribution in [3.8, 4) is 11.4 Å². The zero-order valence-corrected chi connectivity index (χ0v) is 19.8. The third-order valence-electron chi connectivity index (χ3n) is 6.38. The molecule has 5 rings (SSSR count). The summed E-state index contributed by atoms with van der Waals surface area (Å²) in [6.45, 7) is 4.07. The molecule has 0 unspecified atom stereocenters. The van der Waals surface area contributed by atoms with Crippen LogP contribution in [-0.2, 0) is 6.42 Å². The zero-order valence-electron chi connectivity index (χ0n) is 19.8. The van der Waals surface area contributed by atoms with Gasteiger partial charge in [0.25, 0.3) is 11.6 Å². The highest BCUT2D eigenvalue weighted by Crippen LogP contribution is 2.30. The Bertz CT molecular complexity index is 1380. The summed E-state index contributed by atoms with van der Waals surface area (Å²) >= 11 is 0. The van der Waals surface area contributed by atoms with Crippen molar-refractivity contribution in [3.05, 3.63) is 106 Å². The number of aryl methyl sites for hydroxylation is 1. The number of anilines is 1. The van der Waals surface area contributed by atoms with Gasteiger partial charge in [0.2, 0.25) is 0 Å². The number of furan rings is 1. The van der Waals surface area contributed by atoms with Crippen molar-refractivity contribution >= 4 is 17.4 Å². The molecule has 1 aliphatic heterocycles. The van der Waals surface area contributed by atoms with Gasteiger partial charge in [0.1, 0.15) is 5.82 Å². The zero-order chi connectivity index (χ0) is 25.1. The van der Waals surface area contributed by atoms with E-state index in [2.05, 4.69) is 4.90 Å². The molecule has 9 heteroatoms. The lowest BCUT2D eigenvalue weighted by molar-refractivity contribution is -0.385. The summed E-state index contributed by atoms with van der Waals surface area (Å²) in [7, 11) is 0. The van der Waals surface area contributed by atoms with Gasteiger partial charge in [-0.2, -0.15) is 0 Å². The number of para-hydroxylation sites is 1. The van der Waals surface area contributed by atoms with Crippen molar-refractivity contribution in [2.45, 2.75) is 13.3 Å². The van der Waals surface area contributed by atoms with Gasteiger partial charge < -0.3 is 14.2 Å². The molecule has 0 N–H and O–H groups in total. The first-order valence-corrected chi connectivity index (χ1v) is 11.7. The van der Waals surface area contributed by atoms with Crippen molar-refractivity contribution in [1.29, 1.82) is 0 Å². The molecule has 0 aliphatic carbocycles. The van der Waals surface area contributed by atoms with E-state index in [9.17, 15) is 14.9 Å². The Hall–Kier alpha value is -4.53. The van der Waals surface area contributed by atoms with Crippen molar-refractivity contribution in [2.24, 2.45) is 0 Å². The number of piperazine rings is 1. The Balaban J connectivity index is 1.49. The van der Waals surface area contributed by atoms with Gasteiger partial charge in [-0.05, 0) is 19.1 Å². The number of hydrogen-bond donors (Lipinski definition) is 0. The molecular formula is C27H25N5O4. The van der Waals surface area contributed by atoms with Gasteiger partial charge in [-0.15, -0.1) is 0 Å². The third kappa shape index (κ3) is 4.68.